The van der Waals surface area contributed by atoms with Gasteiger partial charge in [0.15, 0.2) is 0 Å². The van der Waals surface area contributed by atoms with Gasteiger partial charge in [0.05, 0.1) is 35.7 Å². The van der Waals surface area contributed by atoms with Crippen molar-refractivity contribution in [2.24, 2.45) is 0 Å². The van der Waals surface area contributed by atoms with Crippen LogP contribution in [0.2, 0.25) is 0 Å². The molecule has 1 N–H and O–H groups in total. The third-order valence-electron chi connectivity index (χ3n) is 5.13. The second-order valence-corrected chi connectivity index (χ2v) is 8.93. The summed E-state index contributed by atoms with van der Waals surface area (Å²) in [5, 5.41) is 2.91. The predicted octanol–water partition coefficient (Wildman–Crippen LogP) is 2.72. The van der Waals surface area contributed by atoms with E-state index in [0.717, 1.165) is 24.5 Å². The summed E-state index contributed by atoms with van der Waals surface area (Å²) in [6.07, 6.45) is 2.29. The molecule has 164 valence electrons. The van der Waals surface area contributed by atoms with Crippen molar-refractivity contribution in [3.05, 3.63) is 42.4 Å². The van der Waals surface area contributed by atoms with Crippen LogP contribution in [0.5, 0.6) is 0 Å². The Morgan fingerprint density at radius 2 is 1.90 bits per heavy atom. The van der Waals surface area contributed by atoms with Gasteiger partial charge in [-0.2, -0.15) is 4.31 Å². The van der Waals surface area contributed by atoms with Gasteiger partial charge in [-0.3, -0.25) is 4.79 Å². The van der Waals surface area contributed by atoms with Crippen molar-refractivity contribution in [2.75, 3.05) is 49.6 Å². The van der Waals surface area contributed by atoms with Crippen molar-refractivity contribution in [1.82, 2.24) is 4.31 Å². The van der Waals surface area contributed by atoms with Crippen LogP contribution in [0.15, 0.2) is 45.9 Å². The maximum Gasteiger partial charge on any atom is 0.243 e. The number of carbonyl (C=O) groups excluding carboxylic acids is 1. The van der Waals surface area contributed by atoms with E-state index in [2.05, 4.69) is 10.2 Å². The minimum absolute atomic E-state index is 0.168. The largest absolute Gasteiger partial charge is 0.469 e. The molecule has 1 aromatic carbocycles. The van der Waals surface area contributed by atoms with Gasteiger partial charge in [-0.25, -0.2) is 8.42 Å². The molecule has 0 spiro atoms. The molecule has 3 rings (SSSR count). The maximum atomic E-state index is 13.1. The SMILES string of the molecule is CCN(CC)c1ccc(S(=O)(=O)N2CCOCC2)cc1NC(=O)CCc1ccco1. The molecule has 0 bridgehead atoms. The first kappa shape index (κ1) is 22.3. The minimum Gasteiger partial charge on any atom is -0.469 e. The Bertz CT molecular complexity index is 934. The highest BCUT2D eigenvalue weighted by atomic mass is 32.2. The summed E-state index contributed by atoms with van der Waals surface area (Å²) in [6.45, 7) is 6.92. The van der Waals surface area contributed by atoms with Crippen molar-refractivity contribution in [3.8, 4) is 0 Å². The lowest BCUT2D eigenvalue weighted by Crippen LogP contribution is -2.40. The number of anilines is 2. The highest BCUT2D eigenvalue weighted by Crippen LogP contribution is 2.30. The smallest absolute Gasteiger partial charge is 0.243 e. The van der Waals surface area contributed by atoms with Gasteiger partial charge >= 0.3 is 0 Å². The fourth-order valence-corrected chi connectivity index (χ4v) is 4.89. The van der Waals surface area contributed by atoms with Crippen molar-refractivity contribution < 1.29 is 22.4 Å². The monoisotopic (exact) mass is 435 g/mol. The van der Waals surface area contributed by atoms with Crippen LogP contribution in [-0.2, 0) is 26.0 Å². The number of nitrogens with one attached hydrogen (secondary N) is 1. The zero-order valence-corrected chi connectivity index (χ0v) is 18.3. The Kier molecular flexibility index (Phi) is 7.52. The first-order valence-electron chi connectivity index (χ1n) is 10.2. The average molecular weight is 436 g/mol. The molecular formula is C21H29N3O5S. The van der Waals surface area contributed by atoms with Gasteiger partial charge in [0.1, 0.15) is 5.76 Å². The third kappa shape index (κ3) is 5.21. The Morgan fingerprint density at radius 3 is 2.53 bits per heavy atom. The molecule has 0 atom stereocenters. The number of furan rings is 1. The molecule has 1 fully saturated rings. The molecule has 1 aliphatic heterocycles. The van der Waals surface area contributed by atoms with E-state index >= 15 is 0 Å². The third-order valence-corrected chi connectivity index (χ3v) is 7.03. The van der Waals surface area contributed by atoms with Crippen LogP contribution in [0.25, 0.3) is 0 Å². The van der Waals surface area contributed by atoms with Gasteiger partial charge < -0.3 is 19.4 Å². The van der Waals surface area contributed by atoms with E-state index in [0.29, 0.717) is 38.4 Å². The Labute approximate surface area is 177 Å². The quantitative estimate of drug-likeness (QED) is 0.651. The molecule has 0 aliphatic carbocycles. The number of ether oxygens (including phenoxy) is 1. The first-order chi connectivity index (χ1) is 14.5. The molecule has 0 unspecified atom stereocenters. The standard InChI is InChI=1S/C21H29N3O5S/c1-3-23(4-2)20-9-8-18(30(26,27)24-11-14-28-15-12-24)16-19(20)22-21(25)10-7-17-6-5-13-29-17/h5-6,8-9,13,16H,3-4,7,10-12,14-15H2,1-2H3,(H,22,25). The van der Waals surface area contributed by atoms with Gasteiger partial charge in [0.2, 0.25) is 15.9 Å². The Morgan fingerprint density at radius 1 is 1.17 bits per heavy atom. The number of carbonyl (C=O) groups is 1. The van der Waals surface area contributed by atoms with Crippen LogP contribution in [0.1, 0.15) is 26.0 Å². The van der Waals surface area contributed by atoms with Crippen LogP contribution < -0.4 is 10.2 Å². The summed E-state index contributed by atoms with van der Waals surface area (Å²) in [4.78, 5) is 14.8. The average Bonchev–Trinajstić information content (AvgIpc) is 3.28. The highest BCUT2D eigenvalue weighted by molar-refractivity contribution is 7.89. The van der Waals surface area contributed by atoms with E-state index in [1.165, 1.54) is 4.31 Å². The number of nitrogens with zero attached hydrogens (tertiary/aromatic N) is 2. The second-order valence-electron chi connectivity index (χ2n) is 7.00. The molecule has 30 heavy (non-hydrogen) atoms. The minimum atomic E-state index is -3.66. The normalized spacial score (nSPS) is 15.1. The number of morpholine rings is 1. The van der Waals surface area contributed by atoms with E-state index in [-0.39, 0.29) is 17.2 Å². The predicted molar refractivity (Wildman–Crippen MR) is 115 cm³/mol. The fourth-order valence-electron chi connectivity index (χ4n) is 3.46. The van der Waals surface area contributed by atoms with E-state index in [9.17, 15) is 13.2 Å². The summed E-state index contributed by atoms with van der Waals surface area (Å²) in [5.41, 5.74) is 1.30. The fraction of sp³-hybridized carbons (Fsp3) is 0.476. The number of amides is 1. The molecular weight excluding hydrogens is 406 g/mol. The summed E-state index contributed by atoms with van der Waals surface area (Å²) >= 11 is 0. The van der Waals surface area contributed by atoms with Crippen molar-refractivity contribution in [2.45, 2.75) is 31.6 Å². The van der Waals surface area contributed by atoms with E-state index in [1.807, 2.05) is 19.9 Å². The summed E-state index contributed by atoms with van der Waals surface area (Å²) in [7, 11) is -3.66. The van der Waals surface area contributed by atoms with Crippen LogP contribution in [0.4, 0.5) is 11.4 Å². The van der Waals surface area contributed by atoms with Crippen molar-refractivity contribution in [1.29, 1.82) is 0 Å². The van der Waals surface area contributed by atoms with Crippen molar-refractivity contribution in [3.63, 3.8) is 0 Å². The lowest BCUT2D eigenvalue weighted by atomic mass is 10.2. The van der Waals surface area contributed by atoms with Gasteiger partial charge in [0, 0.05) is 39.0 Å². The number of rotatable bonds is 9. The summed E-state index contributed by atoms with van der Waals surface area (Å²) in [5.74, 6) is 0.540. The van der Waals surface area contributed by atoms with Gasteiger partial charge in [-0.15, -0.1) is 0 Å². The van der Waals surface area contributed by atoms with Crippen molar-refractivity contribution >= 4 is 27.3 Å². The first-order valence-corrected chi connectivity index (χ1v) is 11.7. The molecule has 1 saturated heterocycles. The molecule has 0 saturated carbocycles. The zero-order chi connectivity index (χ0) is 21.6. The lowest BCUT2D eigenvalue weighted by molar-refractivity contribution is -0.116. The Hall–Kier alpha value is -2.36. The topological polar surface area (TPSA) is 92.1 Å². The molecule has 2 aromatic rings. The highest BCUT2D eigenvalue weighted by Gasteiger charge is 2.27. The molecule has 2 heterocycles. The molecule has 1 aliphatic rings. The number of hydrogen-bond donors (Lipinski definition) is 1. The zero-order valence-electron chi connectivity index (χ0n) is 17.5. The molecule has 0 radical (unpaired) electrons. The second kappa shape index (κ2) is 10.1. The van der Waals surface area contributed by atoms with Crippen LogP contribution in [0.3, 0.4) is 0 Å². The summed E-state index contributed by atoms with van der Waals surface area (Å²) < 4.78 is 38.1. The van der Waals surface area contributed by atoms with Gasteiger partial charge in [0.25, 0.3) is 0 Å². The van der Waals surface area contributed by atoms with Gasteiger partial charge in [-0.05, 0) is 44.2 Å². The van der Waals surface area contributed by atoms with Crippen LogP contribution in [0, 0.1) is 0 Å². The number of aryl methyl sites for hydroxylation is 1. The van der Waals surface area contributed by atoms with E-state index in [4.69, 9.17) is 9.15 Å². The van der Waals surface area contributed by atoms with E-state index in [1.54, 1.807) is 30.5 Å². The van der Waals surface area contributed by atoms with E-state index < -0.39 is 10.0 Å². The van der Waals surface area contributed by atoms with Crippen LogP contribution >= 0.6 is 0 Å². The number of sulfonamides is 1. The molecule has 9 heteroatoms. The summed E-state index contributed by atoms with van der Waals surface area (Å²) in [6, 6.07) is 8.54. The Balaban J connectivity index is 1.85. The van der Waals surface area contributed by atoms with Gasteiger partial charge in [-0.1, -0.05) is 0 Å². The molecule has 1 amide bonds. The molecule has 8 nitrogen and oxygen atoms in total. The lowest BCUT2D eigenvalue weighted by Gasteiger charge is -2.28. The van der Waals surface area contributed by atoms with Crippen LogP contribution in [-0.4, -0.2) is 58.0 Å². The number of hydrogen-bond acceptors (Lipinski definition) is 6. The number of benzene rings is 1. The molecule has 1 aromatic heterocycles. The maximum absolute atomic E-state index is 13.1.